The molecule has 0 radical (unpaired) electrons. The van der Waals surface area contributed by atoms with Crippen LogP contribution in [-0.4, -0.2) is 70.5 Å². The normalized spacial score (nSPS) is 18.6. The Morgan fingerprint density at radius 3 is 2.81 bits per heavy atom. The molecular formula is C23H26ClN5O3. The number of fused-ring (bicyclic) bond motifs is 1. The minimum Gasteiger partial charge on any atom is -0.381 e. The summed E-state index contributed by atoms with van der Waals surface area (Å²) in [6, 6.07) is 6.25. The largest absolute Gasteiger partial charge is 0.381 e. The summed E-state index contributed by atoms with van der Waals surface area (Å²) in [7, 11) is 1.81. The van der Waals surface area contributed by atoms with E-state index in [1.807, 2.05) is 25.2 Å². The van der Waals surface area contributed by atoms with Crippen LogP contribution < -0.4 is 5.32 Å². The van der Waals surface area contributed by atoms with Crippen LogP contribution in [0.25, 0.3) is 11.3 Å². The maximum atomic E-state index is 13.0. The van der Waals surface area contributed by atoms with Crippen LogP contribution in [0.3, 0.4) is 0 Å². The highest BCUT2D eigenvalue weighted by Crippen LogP contribution is 2.32. The predicted octanol–water partition coefficient (Wildman–Crippen LogP) is 2.96. The third kappa shape index (κ3) is 4.29. The molecule has 0 bridgehead atoms. The van der Waals surface area contributed by atoms with Crippen molar-refractivity contribution in [1.82, 2.24) is 19.8 Å². The van der Waals surface area contributed by atoms with Gasteiger partial charge in [-0.25, -0.2) is 9.97 Å². The Kier molecular flexibility index (Phi) is 5.73. The molecule has 2 aliphatic heterocycles. The third-order valence-electron chi connectivity index (χ3n) is 6.37. The molecular weight excluding hydrogens is 430 g/mol. The van der Waals surface area contributed by atoms with Crippen LogP contribution in [0.2, 0.25) is 5.02 Å². The highest BCUT2D eigenvalue weighted by Gasteiger charge is 2.34. The van der Waals surface area contributed by atoms with E-state index in [1.165, 1.54) is 0 Å². The lowest BCUT2D eigenvalue weighted by Crippen LogP contribution is -2.39. The standard InChI is InChI=1S/C23H26ClN5O3/c1-28(17-4-5-17)20(30)13-29-12-15-3-2-14(10-18(15)22(29)31)21-19(24)11-25-23(27-21)26-16-6-8-32-9-7-16/h2-3,10-11,16-17H,4-9,12-13H2,1H3,(H,25,26,27). The maximum Gasteiger partial charge on any atom is 0.254 e. The van der Waals surface area contributed by atoms with Crippen LogP contribution in [0.4, 0.5) is 5.95 Å². The maximum absolute atomic E-state index is 13.0. The average molecular weight is 456 g/mol. The van der Waals surface area contributed by atoms with Gasteiger partial charge in [-0.1, -0.05) is 23.7 Å². The fourth-order valence-corrected chi connectivity index (χ4v) is 4.44. The van der Waals surface area contributed by atoms with Crippen molar-refractivity contribution in [3.8, 4) is 11.3 Å². The summed E-state index contributed by atoms with van der Waals surface area (Å²) in [4.78, 5) is 37.8. The highest BCUT2D eigenvalue weighted by atomic mass is 35.5. The van der Waals surface area contributed by atoms with Crippen molar-refractivity contribution in [1.29, 1.82) is 0 Å². The lowest BCUT2D eigenvalue weighted by molar-refractivity contribution is -0.131. The molecule has 3 heterocycles. The van der Waals surface area contributed by atoms with Crippen LogP contribution in [0.1, 0.15) is 41.6 Å². The van der Waals surface area contributed by atoms with E-state index in [1.54, 1.807) is 16.0 Å². The molecule has 2 amide bonds. The number of halogens is 1. The van der Waals surface area contributed by atoms with Crippen molar-refractivity contribution < 1.29 is 14.3 Å². The molecule has 9 heteroatoms. The Morgan fingerprint density at radius 2 is 2.06 bits per heavy atom. The molecule has 2 fully saturated rings. The molecule has 3 aliphatic rings. The summed E-state index contributed by atoms with van der Waals surface area (Å²) in [6.45, 7) is 1.98. The van der Waals surface area contributed by atoms with Gasteiger partial charge < -0.3 is 19.9 Å². The zero-order valence-electron chi connectivity index (χ0n) is 18.0. The summed E-state index contributed by atoms with van der Waals surface area (Å²) < 4.78 is 5.40. The molecule has 0 unspecified atom stereocenters. The van der Waals surface area contributed by atoms with E-state index in [4.69, 9.17) is 16.3 Å². The summed E-state index contributed by atoms with van der Waals surface area (Å²) in [5, 5.41) is 3.78. The molecule has 1 saturated heterocycles. The summed E-state index contributed by atoms with van der Waals surface area (Å²) in [6.07, 6.45) is 5.48. The number of rotatable bonds is 6. The quantitative estimate of drug-likeness (QED) is 0.720. The van der Waals surface area contributed by atoms with Crippen LogP contribution in [0, 0.1) is 0 Å². The van der Waals surface area contributed by atoms with Gasteiger partial charge in [0.25, 0.3) is 5.91 Å². The number of anilines is 1. The first-order chi connectivity index (χ1) is 15.5. The lowest BCUT2D eigenvalue weighted by atomic mass is 10.0. The highest BCUT2D eigenvalue weighted by molar-refractivity contribution is 6.33. The fourth-order valence-electron chi connectivity index (χ4n) is 4.24. The van der Waals surface area contributed by atoms with Crippen molar-refractivity contribution in [3.05, 3.63) is 40.5 Å². The molecule has 8 nitrogen and oxygen atoms in total. The number of carbonyl (C=O) groups excluding carboxylic acids is 2. The van der Waals surface area contributed by atoms with Crippen LogP contribution in [-0.2, 0) is 16.1 Å². The number of hydrogen-bond acceptors (Lipinski definition) is 6. The second kappa shape index (κ2) is 8.67. The Bertz CT molecular complexity index is 1050. The molecule has 32 heavy (non-hydrogen) atoms. The Morgan fingerprint density at radius 1 is 1.28 bits per heavy atom. The van der Waals surface area contributed by atoms with Gasteiger partial charge in [-0.2, -0.15) is 0 Å². The molecule has 1 saturated carbocycles. The van der Waals surface area contributed by atoms with Gasteiger partial charge in [-0.05, 0) is 37.3 Å². The molecule has 0 atom stereocenters. The van der Waals surface area contributed by atoms with Crippen LogP contribution >= 0.6 is 11.6 Å². The zero-order chi connectivity index (χ0) is 22.2. The van der Waals surface area contributed by atoms with E-state index >= 15 is 0 Å². The molecule has 1 N–H and O–H groups in total. The first kappa shape index (κ1) is 21.2. The minimum absolute atomic E-state index is 0.0171. The number of benzene rings is 1. The van der Waals surface area contributed by atoms with Gasteiger partial charge in [0.15, 0.2) is 0 Å². The number of nitrogens with zero attached hydrogens (tertiary/aromatic N) is 4. The molecule has 1 aromatic heterocycles. The lowest BCUT2D eigenvalue weighted by Gasteiger charge is -2.23. The zero-order valence-corrected chi connectivity index (χ0v) is 18.8. The van der Waals surface area contributed by atoms with Gasteiger partial charge >= 0.3 is 0 Å². The molecule has 1 aromatic carbocycles. The average Bonchev–Trinajstić information content (AvgIpc) is 3.61. The minimum atomic E-state index is -0.134. The molecule has 168 valence electrons. The molecule has 2 aromatic rings. The Balaban J connectivity index is 1.33. The summed E-state index contributed by atoms with van der Waals surface area (Å²) in [5.41, 5.74) is 2.84. The van der Waals surface area contributed by atoms with Crippen molar-refractivity contribution in [3.63, 3.8) is 0 Å². The van der Waals surface area contributed by atoms with Crippen LogP contribution in [0.15, 0.2) is 24.4 Å². The molecule has 0 spiro atoms. The number of nitrogens with one attached hydrogen (secondary N) is 1. The first-order valence-electron chi connectivity index (χ1n) is 11.0. The Hall–Kier alpha value is -2.71. The SMILES string of the molecule is CN(C(=O)CN1Cc2ccc(-c3nc(NC4CCOCC4)ncc3Cl)cc2C1=O)C1CC1. The number of amides is 2. The van der Waals surface area contributed by atoms with Crippen LogP contribution in [0.5, 0.6) is 0 Å². The second-order valence-electron chi connectivity index (χ2n) is 8.69. The van der Waals surface area contributed by atoms with E-state index in [0.717, 1.165) is 50.0 Å². The first-order valence-corrected chi connectivity index (χ1v) is 11.4. The van der Waals surface area contributed by atoms with Crippen molar-refractivity contribution >= 4 is 29.4 Å². The van der Waals surface area contributed by atoms with Gasteiger partial charge in [0.05, 0.1) is 16.9 Å². The van der Waals surface area contributed by atoms with Gasteiger partial charge in [0.1, 0.15) is 6.54 Å². The molecule has 5 rings (SSSR count). The number of likely N-dealkylation sites (N-methyl/N-ethyl adjacent to an activating group) is 1. The monoisotopic (exact) mass is 455 g/mol. The second-order valence-corrected chi connectivity index (χ2v) is 9.10. The summed E-state index contributed by atoms with van der Waals surface area (Å²) >= 11 is 6.41. The number of ether oxygens (including phenoxy) is 1. The third-order valence-corrected chi connectivity index (χ3v) is 6.65. The van der Waals surface area contributed by atoms with Crippen molar-refractivity contribution in [2.24, 2.45) is 0 Å². The van der Waals surface area contributed by atoms with Gasteiger partial charge in [-0.3, -0.25) is 9.59 Å². The number of hydrogen-bond donors (Lipinski definition) is 1. The van der Waals surface area contributed by atoms with E-state index in [9.17, 15) is 9.59 Å². The van der Waals surface area contributed by atoms with Crippen molar-refractivity contribution in [2.75, 3.05) is 32.1 Å². The van der Waals surface area contributed by atoms with E-state index < -0.39 is 0 Å². The smallest absolute Gasteiger partial charge is 0.254 e. The number of aromatic nitrogens is 2. The summed E-state index contributed by atoms with van der Waals surface area (Å²) in [5.74, 6) is 0.361. The van der Waals surface area contributed by atoms with Crippen molar-refractivity contribution in [2.45, 2.75) is 44.3 Å². The fraction of sp³-hybridized carbons (Fsp3) is 0.478. The topological polar surface area (TPSA) is 87.7 Å². The van der Waals surface area contributed by atoms with E-state index in [2.05, 4.69) is 15.3 Å². The Labute approximate surface area is 191 Å². The number of carbonyl (C=O) groups is 2. The van der Waals surface area contributed by atoms with E-state index in [0.29, 0.717) is 34.8 Å². The van der Waals surface area contributed by atoms with Gasteiger partial charge in [0, 0.05) is 50.0 Å². The molecule has 1 aliphatic carbocycles. The van der Waals surface area contributed by atoms with Gasteiger partial charge in [-0.15, -0.1) is 0 Å². The van der Waals surface area contributed by atoms with Gasteiger partial charge in [0.2, 0.25) is 11.9 Å². The predicted molar refractivity (Wildman–Crippen MR) is 120 cm³/mol. The van der Waals surface area contributed by atoms with E-state index in [-0.39, 0.29) is 24.4 Å².